The number of rotatable bonds is 3. The minimum atomic E-state index is -0.636. The van der Waals surface area contributed by atoms with Crippen molar-refractivity contribution in [3.05, 3.63) is 30.4 Å². The molecule has 0 aliphatic carbocycles. The van der Waals surface area contributed by atoms with Crippen molar-refractivity contribution in [2.24, 2.45) is 11.8 Å². The van der Waals surface area contributed by atoms with Crippen molar-refractivity contribution in [2.75, 3.05) is 0 Å². The maximum atomic E-state index is 12.2. The fourth-order valence-electron chi connectivity index (χ4n) is 1.70. The van der Waals surface area contributed by atoms with Gasteiger partial charge in [0.25, 0.3) is 0 Å². The Bertz CT molecular complexity index is 594. The first-order valence-corrected chi connectivity index (χ1v) is 5.36. The molecule has 0 radical (unpaired) electrons. The topological polar surface area (TPSA) is 71.0 Å². The molecule has 2 heterocycles. The first-order chi connectivity index (χ1) is 8.15. The van der Waals surface area contributed by atoms with Gasteiger partial charge < -0.3 is 0 Å². The van der Waals surface area contributed by atoms with E-state index in [0.717, 1.165) is 0 Å². The van der Waals surface area contributed by atoms with Crippen LogP contribution in [0.15, 0.2) is 24.8 Å². The quantitative estimate of drug-likeness (QED) is 0.750. The normalized spacial score (nSPS) is 12.6. The summed E-state index contributed by atoms with van der Waals surface area (Å²) >= 11 is 0. The number of Topliss-reactive ketones (excluding diaryl/α,β-unsaturated/α-hetero) is 1. The van der Waals surface area contributed by atoms with Gasteiger partial charge in [-0.2, -0.15) is 10.4 Å². The highest BCUT2D eigenvalue weighted by Gasteiger charge is 2.25. The molecule has 17 heavy (non-hydrogen) atoms. The molecule has 0 amide bonds. The zero-order valence-corrected chi connectivity index (χ0v) is 9.66. The maximum absolute atomic E-state index is 12.2. The maximum Gasteiger partial charge on any atom is 0.184 e. The average molecular weight is 228 g/mol. The minimum Gasteiger partial charge on any atom is -0.293 e. The van der Waals surface area contributed by atoms with E-state index in [2.05, 4.69) is 10.1 Å². The van der Waals surface area contributed by atoms with E-state index in [1.54, 1.807) is 23.1 Å². The van der Waals surface area contributed by atoms with Gasteiger partial charge in [-0.25, -0.2) is 4.52 Å². The molecule has 0 aliphatic rings. The Kier molecular flexibility index (Phi) is 2.88. The Hall–Kier alpha value is -2.22. The van der Waals surface area contributed by atoms with E-state index < -0.39 is 5.92 Å². The van der Waals surface area contributed by atoms with Crippen LogP contribution >= 0.6 is 0 Å². The van der Waals surface area contributed by atoms with E-state index in [9.17, 15) is 4.79 Å². The number of fused-ring (bicyclic) bond motifs is 1. The number of carbonyl (C=O) groups is 1. The third-order valence-electron chi connectivity index (χ3n) is 2.68. The van der Waals surface area contributed by atoms with Crippen molar-refractivity contribution in [2.45, 2.75) is 13.8 Å². The van der Waals surface area contributed by atoms with Crippen LogP contribution in [0.5, 0.6) is 0 Å². The molecular formula is C12H12N4O. The van der Waals surface area contributed by atoms with Crippen molar-refractivity contribution in [3.63, 3.8) is 0 Å². The molecule has 0 aromatic carbocycles. The SMILES string of the molecule is CC(C)C(C#N)C(=O)c1cnn2ccncc12. The van der Waals surface area contributed by atoms with Crippen LogP contribution in [0.4, 0.5) is 0 Å². The van der Waals surface area contributed by atoms with E-state index in [-0.39, 0.29) is 11.7 Å². The highest BCUT2D eigenvalue weighted by Crippen LogP contribution is 2.19. The fourth-order valence-corrected chi connectivity index (χ4v) is 1.70. The lowest BCUT2D eigenvalue weighted by Crippen LogP contribution is -2.18. The molecule has 1 atom stereocenters. The van der Waals surface area contributed by atoms with E-state index >= 15 is 0 Å². The summed E-state index contributed by atoms with van der Waals surface area (Å²) in [5.74, 6) is -0.840. The summed E-state index contributed by atoms with van der Waals surface area (Å²) in [5.41, 5.74) is 1.09. The van der Waals surface area contributed by atoms with Gasteiger partial charge in [0.05, 0.1) is 29.5 Å². The summed E-state index contributed by atoms with van der Waals surface area (Å²) in [5, 5.41) is 13.1. The van der Waals surface area contributed by atoms with E-state index in [4.69, 9.17) is 5.26 Å². The molecule has 5 nitrogen and oxygen atoms in total. The Labute approximate surface area is 98.7 Å². The molecule has 2 aromatic heterocycles. The molecule has 0 N–H and O–H groups in total. The smallest absolute Gasteiger partial charge is 0.184 e. The van der Waals surface area contributed by atoms with Crippen molar-refractivity contribution in [1.82, 2.24) is 14.6 Å². The summed E-state index contributed by atoms with van der Waals surface area (Å²) in [7, 11) is 0. The molecule has 0 spiro atoms. The van der Waals surface area contributed by atoms with Crippen LogP contribution in [0.2, 0.25) is 0 Å². The summed E-state index contributed by atoms with van der Waals surface area (Å²) in [4.78, 5) is 16.2. The van der Waals surface area contributed by atoms with Gasteiger partial charge in [0.15, 0.2) is 5.78 Å². The van der Waals surface area contributed by atoms with Gasteiger partial charge in [0.1, 0.15) is 5.92 Å². The van der Waals surface area contributed by atoms with Gasteiger partial charge in [0, 0.05) is 12.4 Å². The van der Waals surface area contributed by atoms with Crippen LogP contribution in [0.1, 0.15) is 24.2 Å². The molecule has 5 heteroatoms. The van der Waals surface area contributed by atoms with Gasteiger partial charge in [-0.1, -0.05) is 13.8 Å². The summed E-state index contributed by atoms with van der Waals surface area (Å²) in [6.07, 6.45) is 6.34. The van der Waals surface area contributed by atoms with Gasteiger partial charge in [0.2, 0.25) is 0 Å². The second-order valence-corrected chi connectivity index (χ2v) is 4.18. The third-order valence-corrected chi connectivity index (χ3v) is 2.68. The van der Waals surface area contributed by atoms with Crippen molar-refractivity contribution >= 4 is 11.3 Å². The first-order valence-electron chi connectivity index (χ1n) is 5.36. The molecule has 0 fully saturated rings. The average Bonchev–Trinajstić information content (AvgIpc) is 2.72. The van der Waals surface area contributed by atoms with Crippen LogP contribution in [-0.2, 0) is 0 Å². The monoisotopic (exact) mass is 228 g/mol. The fraction of sp³-hybridized carbons (Fsp3) is 0.333. The molecule has 0 aliphatic heterocycles. The van der Waals surface area contributed by atoms with E-state index in [1.165, 1.54) is 6.20 Å². The Morgan fingerprint density at radius 1 is 1.47 bits per heavy atom. The number of ketones is 1. The van der Waals surface area contributed by atoms with E-state index in [0.29, 0.717) is 11.1 Å². The lowest BCUT2D eigenvalue weighted by atomic mass is 9.90. The third kappa shape index (κ3) is 1.89. The van der Waals surface area contributed by atoms with Gasteiger partial charge in [-0.15, -0.1) is 0 Å². The molecule has 2 rings (SSSR count). The number of aromatic nitrogens is 3. The number of hydrogen-bond donors (Lipinski definition) is 0. The van der Waals surface area contributed by atoms with Gasteiger partial charge >= 0.3 is 0 Å². The van der Waals surface area contributed by atoms with Crippen molar-refractivity contribution in [1.29, 1.82) is 5.26 Å². The number of nitrogens with zero attached hydrogens (tertiary/aromatic N) is 4. The second-order valence-electron chi connectivity index (χ2n) is 4.18. The molecule has 86 valence electrons. The van der Waals surface area contributed by atoms with Crippen molar-refractivity contribution < 1.29 is 4.79 Å². The molecule has 0 bridgehead atoms. The predicted octanol–water partition coefficient (Wildman–Crippen LogP) is 1.71. The molecular weight excluding hydrogens is 216 g/mol. The number of nitriles is 1. The molecule has 0 saturated heterocycles. The first kappa shape index (κ1) is 11.3. The molecule has 2 aromatic rings. The lowest BCUT2D eigenvalue weighted by Gasteiger charge is -2.10. The van der Waals surface area contributed by atoms with E-state index in [1.807, 2.05) is 19.9 Å². The highest BCUT2D eigenvalue weighted by molar-refractivity contribution is 6.04. The lowest BCUT2D eigenvalue weighted by molar-refractivity contribution is 0.0926. The van der Waals surface area contributed by atoms with Crippen LogP contribution < -0.4 is 0 Å². The van der Waals surface area contributed by atoms with Gasteiger partial charge in [-0.3, -0.25) is 9.78 Å². The molecule has 0 saturated carbocycles. The van der Waals surface area contributed by atoms with Gasteiger partial charge in [-0.05, 0) is 5.92 Å². The predicted molar refractivity (Wildman–Crippen MR) is 61.3 cm³/mol. The minimum absolute atomic E-state index is 0.0147. The highest BCUT2D eigenvalue weighted by atomic mass is 16.1. The van der Waals surface area contributed by atoms with Crippen LogP contribution in [0.3, 0.4) is 0 Å². The summed E-state index contributed by atoms with van der Waals surface area (Å²) < 4.78 is 1.58. The number of carbonyl (C=O) groups excluding carboxylic acids is 1. The van der Waals surface area contributed by atoms with Crippen LogP contribution in [0.25, 0.3) is 5.52 Å². The van der Waals surface area contributed by atoms with Crippen LogP contribution in [-0.4, -0.2) is 20.4 Å². The van der Waals surface area contributed by atoms with Crippen LogP contribution in [0, 0.1) is 23.2 Å². The summed E-state index contributed by atoms with van der Waals surface area (Å²) in [6.45, 7) is 3.71. The largest absolute Gasteiger partial charge is 0.293 e. The molecule has 1 unspecified atom stereocenters. The zero-order chi connectivity index (χ0) is 12.4. The zero-order valence-electron chi connectivity index (χ0n) is 9.66. The van der Waals surface area contributed by atoms with Crippen molar-refractivity contribution in [3.8, 4) is 6.07 Å². The Balaban J connectivity index is 2.47. The Morgan fingerprint density at radius 3 is 2.88 bits per heavy atom. The Morgan fingerprint density at radius 2 is 2.24 bits per heavy atom. The number of hydrogen-bond acceptors (Lipinski definition) is 4. The standard InChI is InChI=1S/C12H12N4O/c1-8(2)9(5-13)12(17)10-6-15-16-4-3-14-7-11(10)16/h3-4,6-9H,1-2H3. The second kappa shape index (κ2) is 4.34. The summed E-state index contributed by atoms with van der Waals surface area (Å²) in [6, 6.07) is 2.05.